The van der Waals surface area contributed by atoms with Crippen LogP contribution in [0.15, 0.2) is 29.2 Å². The molecule has 3 heteroatoms. The molecule has 0 amide bonds. The van der Waals surface area contributed by atoms with Gasteiger partial charge in [-0.2, -0.15) is 0 Å². The van der Waals surface area contributed by atoms with Gasteiger partial charge in [0.15, 0.2) is 0 Å². The van der Waals surface area contributed by atoms with Crippen LogP contribution in [0.25, 0.3) is 10.8 Å². The molecule has 1 aromatic heterocycles. The fourth-order valence-electron chi connectivity index (χ4n) is 2.05. The number of aromatic nitrogens is 1. The highest BCUT2D eigenvalue weighted by Crippen LogP contribution is 2.27. The van der Waals surface area contributed by atoms with Gasteiger partial charge in [-0.05, 0) is 28.0 Å². The van der Waals surface area contributed by atoms with Gasteiger partial charge in [0, 0.05) is 18.1 Å². The first-order valence-electron chi connectivity index (χ1n) is 5.78. The Morgan fingerprint density at radius 2 is 1.94 bits per heavy atom. The summed E-state index contributed by atoms with van der Waals surface area (Å²) in [5.74, 6) is 0. The van der Waals surface area contributed by atoms with E-state index in [2.05, 4.69) is 25.8 Å². The standard InChI is InChI=1S/C14H18N2O/c1-14(2,3)12-8-16-13(17)11-6-9(7-15)4-5-10(11)12/h4-6,8H,7,15H2,1-3H3,(H,16,17). The Labute approximate surface area is 101 Å². The van der Waals surface area contributed by atoms with Crippen molar-refractivity contribution in [3.05, 3.63) is 45.9 Å². The van der Waals surface area contributed by atoms with Crippen molar-refractivity contribution in [3.63, 3.8) is 0 Å². The number of H-pyrrole nitrogens is 1. The first kappa shape index (κ1) is 11.9. The summed E-state index contributed by atoms with van der Waals surface area (Å²) in [4.78, 5) is 14.6. The van der Waals surface area contributed by atoms with Gasteiger partial charge in [0.05, 0.1) is 0 Å². The molecule has 1 heterocycles. The first-order valence-corrected chi connectivity index (χ1v) is 5.78. The molecule has 0 spiro atoms. The SMILES string of the molecule is CC(C)(C)c1c[nH]c(=O)c2cc(CN)ccc12. The Bertz CT molecular complexity index is 606. The van der Waals surface area contributed by atoms with Crippen molar-refractivity contribution in [2.45, 2.75) is 32.7 Å². The number of rotatable bonds is 1. The number of nitrogens with two attached hydrogens (primary N) is 1. The van der Waals surface area contributed by atoms with Crippen molar-refractivity contribution >= 4 is 10.8 Å². The lowest BCUT2D eigenvalue weighted by molar-refractivity contribution is 0.593. The summed E-state index contributed by atoms with van der Waals surface area (Å²) in [5.41, 5.74) is 7.69. The lowest BCUT2D eigenvalue weighted by atomic mass is 9.85. The number of hydrogen-bond acceptors (Lipinski definition) is 2. The van der Waals surface area contributed by atoms with E-state index in [0.29, 0.717) is 6.54 Å². The summed E-state index contributed by atoms with van der Waals surface area (Å²) in [7, 11) is 0. The molecule has 0 saturated heterocycles. The molecule has 0 bridgehead atoms. The van der Waals surface area contributed by atoms with Gasteiger partial charge in [0.1, 0.15) is 0 Å². The molecule has 0 saturated carbocycles. The molecule has 2 rings (SSSR count). The molecule has 17 heavy (non-hydrogen) atoms. The van der Waals surface area contributed by atoms with E-state index < -0.39 is 0 Å². The van der Waals surface area contributed by atoms with E-state index in [4.69, 9.17) is 5.73 Å². The van der Waals surface area contributed by atoms with Crippen LogP contribution in [0.2, 0.25) is 0 Å². The van der Waals surface area contributed by atoms with Crippen LogP contribution < -0.4 is 11.3 Å². The second-order valence-corrected chi connectivity index (χ2v) is 5.37. The summed E-state index contributed by atoms with van der Waals surface area (Å²) < 4.78 is 0. The van der Waals surface area contributed by atoms with Crippen molar-refractivity contribution in [1.82, 2.24) is 4.98 Å². The molecule has 1 aromatic carbocycles. The molecular formula is C14H18N2O. The van der Waals surface area contributed by atoms with E-state index in [0.717, 1.165) is 21.9 Å². The normalized spacial score (nSPS) is 12.0. The number of nitrogens with one attached hydrogen (secondary N) is 1. The van der Waals surface area contributed by atoms with Crippen LogP contribution in [0, 0.1) is 0 Å². The zero-order chi connectivity index (χ0) is 12.6. The average Bonchev–Trinajstić information content (AvgIpc) is 2.27. The van der Waals surface area contributed by atoms with Gasteiger partial charge in [-0.25, -0.2) is 0 Å². The molecule has 3 nitrogen and oxygen atoms in total. The molecule has 0 radical (unpaired) electrons. The Kier molecular flexibility index (Phi) is 2.79. The molecule has 90 valence electrons. The van der Waals surface area contributed by atoms with E-state index in [1.807, 2.05) is 24.4 Å². The van der Waals surface area contributed by atoms with E-state index >= 15 is 0 Å². The van der Waals surface area contributed by atoms with Crippen LogP contribution in [0.5, 0.6) is 0 Å². The van der Waals surface area contributed by atoms with Gasteiger partial charge in [-0.1, -0.05) is 32.9 Å². The first-order chi connectivity index (χ1) is 7.93. The molecule has 2 aromatic rings. The van der Waals surface area contributed by atoms with Gasteiger partial charge < -0.3 is 10.7 Å². The third kappa shape index (κ3) is 2.11. The van der Waals surface area contributed by atoms with Crippen LogP contribution in [0.1, 0.15) is 31.9 Å². The van der Waals surface area contributed by atoms with Gasteiger partial charge in [-0.3, -0.25) is 4.79 Å². The largest absolute Gasteiger partial charge is 0.328 e. The molecule has 0 aliphatic rings. The molecule has 0 unspecified atom stereocenters. The number of fused-ring (bicyclic) bond motifs is 1. The van der Waals surface area contributed by atoms with E-state index in [1.54, 1.807) is 0 Å². The maximum atomic E-state index is 11.8. The molecule has 3 N–H and O–H groups in total. The summed E-state index contributed by atoms with van der Waals surface area (Å²) in [5, 5.41) is 1.74. The van der Waals surface area contributed by atoms with Crippen LogP contribution in [-0.2, 0) is 12.0 Å². The highest BCUT2D eigenvalue weighted by Gasteiger charge is 2.17. The predicted octanol–water partition coefficient (Wildman–Crippen LogP) is 2.28. The highest BCUT2D eigenvalue weighted by atomic mass is 16.1. The Morgan fingerprint density at radius 1 is 1.24 bits per heavy atom. The van der Waals surface area contributed by atoms with Crippen LogP contribution >= 0.6 is 0 Å². The van der Waals surface area contributed by atoms with Crippen molar-refractivity contribution in [2.75, 3.05) is 0 Å². The molecule has 0 fully saturated rings. The molecule has 0 aliphatic carbocycles. The maximum absolute atomic E-state index is 11.8. The van der Waals surface area contributed by atoms with Gasteiger partial charge >= 0.3 is 0 Å². The third-order valence-corrected chi connectivity index (χ3v) is 3.01. The summed E-state index contributed by atoms with van der Waals surface area (Å²) in [6.07, 6.45) is 1.81. The Hall–Kier alpha value is -1.61. The number of benzene rings is 1. The topological polar surface area (TPSA) is 58.9 Å². The zero-order valence-electron chi connectivity index (χ0n) is 10.5. The van der Waals surface area contributed by atoms with Crippen molar-refractivity contribution in [1.29, 1.82) is 0 Å². The lowest BCUT2D eigenvalue weighted by Crippen LogP contribution is -2.16. The number of pyridine rings is 1. The van der Waals surface area contributed by atoms with Crippen molar-refractivity contribution < 1.29 is 0 Å². The minimum Gasteiger partial charge on any atom is -0.328 e. The van der Waals surface area contributed by atoms with Crippen LogP contribution in [0.4, 0.5) is 0 Å². The van der Waals surface area contributed by atoms with Gasteiger partial charge in [0.25, 0.3) is 5.56 Å². The smallest absolute Gasteiger partial charge is 0.255 e. The van der Waals surface area contributed by atoms with E-state index in [-0.39, 0.29) is 11.0 Å². The minimum atomic E-state index is -0.0525. The second kappa shape index (κ2) is 4.00. The fourth-order valence-corrected chi connectivity index (χ4v) is 2.05. The maximum Gasteiger partial charge on any atom is 0.255 e. The number of hydrogen-bond donors (Lipinski definition) is 2. The minimum absolute atomic E-state index is 0.00663. The highest BCUT2D eigenvalue weighted by molar-refractivity contribution is 5.86. The summed E-state index contributed by atoms with van der Waals surface area (Å²) >= 11 is 0. The lowest BCUT2D eigenvalue weighted by Gasteiger charge is -2.20. The quantitative estimate of drug-likeness (QED) is 0.789. The van der Waals surface area contributed by atoms with Crippen molar-refractivity contribution in [3.8, 4) is 0 Å². The third-order valence-electron chi connectivity index (χ3n) is 3.01. The van der Waals surface area contributed by atoms with Crippen molar-refractivity contribution in [2.24, 2.45) is 5.73 Å². The van der Waals surface area contributed by atoms with Gasteiger partial charge in [-0.15, -0.1) is 0 Å². The summed E-state index contributed by atoms with van der Waals surface area (Å²) in [6, 6.07) is 5.85. The fraction of sp³-hybridized carbons (Fsp3) is 0.357. The predicted molar refractivity (Wildman–Crippen MR) is 71.2 cm³/mol. The monoisotopic (exact) mass is 230 g/mol. The second-order valence-electron chi connectivity index (χ2n) is 5.37. The Morgan fingerprint density at radius 3 is 2.53 bits per heavy atom. The van der Waals surface area contributed by atoms with Crippen LogP contribution in [-0.4, -0.2) is 4.98 Å². The molecular weight excluding hydrogens is 212 g/mol. The van der Waals surface area contributed by atoms with Crippen LogP contribution in [0.3, 0.4) is 0 Å². The molecule has 0 atom stereocenters. The average molecular weight is 230 g/mol. The summed E-state index contributed by atoms with van der Waals surface area (Å²) in [6.45, 7) is 6.86. The van der Waals surface area contributed by atoms with E-state index in [1.165, 1.54) is 0 Å². The van der Waals surface area contributed by atoms with Gasteiger partial charge in [0.2, 0.25) is 0 Å². The Balaban J connectivity index is 2.83. The number of aromatic amines is 1. The van der Waals surface area contributed by atoms with E-state index in [9.17, 15) is 4.79 Å². The zero-order valence-corrected chi connectivity index (χ0v) is 10.5. The molecule has 0 aliphatic heterocycles.